The van der Waals surface area contributed by atoms with Crippen molar-refractivity contribution in [2.45, 2.75) is 5.16 Å². The van der Waals surface area contributed by atoms with Gasteiger partial charge in [-0.05, 0) is 23.8 Å². The monoisotopic (exact) mass is 311 g/mol. The third kappa shape index (κ3) is 2.73. The lowest BCUT2D eigenvalue weighted by Crippen LogP contribution is -2.11. The van der Waals surface area contributed by atoms with Gasteiger partial charge in [-0.1, -0.05) is 36.0 Å². The van der Waals surface area contributed by atoms with Crippen molar-refractivity contribution in [3.63, 3.8) is 0 Å². The second kappa shape index (κ2) is 6.03. The van der Waals surface area contributed by atoms with Crippen LogP contribution in [0.1, 0.15) is 10.4 Å². The summed E-state index contributed by atoms with van der Waals surface area (Å²) in [6.07, 6.45) is 3.55. The standard InChI is InChI=1S/C16H13N3O2S/c1-22-16-18-9-8-14(19-16)21-13-7-6-12(15(17)20)10-4-2-3-5-11(10)13/h2-9H,1H3,(H2,17,20). The molecule has 0 atom stereocenters. The van der Waals surface area contributed by atoms with E-state index in [0.29, 0.717) is 22.3 Å². The average Bonchev–Trinajstić information content (AvgIpc) is 2.55. The summed E-state index contributed by atoms with van der Waals surface area (Å²) in [7, 11) is 0. The molecular weight excluding hydrogens is 298 g/mol. The predicted molar refractivity (Wildman–Crippen MR) is 86.4 cm³/mol. The van der Waals surface area contributed by atoms with E-state index in [1.807, 2.05) is 30.5 Å². The molecule has 22 heavy (non-hydrogen) atoms. The van der Waals surface area contributed by atoms with E-state index < -0.39 is 5.91 Å². The maximum absolute atomic E-state index is 11.5. The summed E-state index contributed by atoms with van der Waals surface area (Å²) in [5, 5.41) is 2.20. The number of thioether (sulfide) groups is 1. The Hall–Kier alpha value is -2.60. The van der Waals surface area contributed by atoms with Crippen LogP contribution in [0.4, 0.5) is 0 Å². The van der Waals surface area contributed by atoms with Gasteiger partial charge in [0.15, 0.2) is 5.16 Å². The summed E-state index contributed by atoms with van der Waals surface area (Å²) in [6, 6.07) is 12.5. The first-order valence-corrected chi connectivity index (χ1v) is 7.78. The van der Waals surface area contributed by atoms with Crippen LogP contribution in [0.3, 0.4) is 0 Å². The number of ether oxygens (including phenoxy) is 1. The maximum atomic E-state index is 11.5. The second-order valence-corrected chi connectivity index (χ2v) is 5.28. The Labute approximate surface area is 131 Å². The fraction of sp³-hybridized carbons (Fsp3) is 0.0625. The molecule has 0 radical (unpaired) electrons. The Balaban J connectivity index is 2.08. The third-order valence-electron chi connectivity index (χ3n) is 3.15. The number of aromatic nitrogens is 2. The molecular formula is C16H13N3O2S. The van der Waals surface area contributed by atoms with Crippen molar-refractivity contribution >= 4 is 28.4 Å². The number of rotatable bonds is 4. The van der Waals surface area contributed by atoms with E-state index in [-0.39, 0.29) is 0 Å². The fourth-order valence-corrected chi connectivity index (χ4v) is 2.52. The summed E-state index contributed by atoms with van der Waals surface area (Å²) < 4.78 is 5.85. The molecule has 3 rings (SSSR count). The molecule has 2 aromatic carbocycles. The molecule has 0 aliphatic carbocycles. The highest BCUT2D eigenvalue weighted by atomic mass is 32.2. The van der Waals surface area contributed by atoms with Gasteiger partial charge in [0, 0.05) is 23.2 Å². The van der Waals surface area contributed by atoms with Gasteiger partial charge in [-0.25, -0.2) is 4.98 Å². The number of hydrogen-bond donors (Lipinski definition) is 1. The van der Waals surface area contributed by atoms with E-state index in [9.17, 15) is 4.79 Å². The van der Waals surface area contributed by atoms with Crippen LogP contribution in [-0.2, 0) is 0 Å². The normalized spacial score (nSPS) is 10.6. The molecule has 5 nitrogen and oxygen atoms in total. The van der Waals surface area contributed by atoms with Crippen LogP contribution in [0.15, 0.2) is 53.8 Å². The SMILES string of the molecule is CSc1nccc(Oc2ccc(C(N)=O)c3ccccc23)n1. The topological polar surface area (TPSA) is 78.1 Å². The lowest BCUT2D eigenvalue weighted by Gasteiger charge is -2.10. The number of fused-ring (bicyclic) bond motifs is 1. The molecule has 0 fully saturated rings. The van der Waals surface area contributed by atoms with Crippen LogP contribution in [0.5, 0.6) is 11.6 Å². The molecule has 6 heteroatoms. The van der Waals surface area contributed by atoms with Crippen molar-refractivity contribution in [3.05, 3.63) is 54.2 Å². The Kier molecular flexibility index (Phi) is 3.93. The Morgan fingerprint density at radius 1 is 1.14 bits per heavy atom. The maximum Gasteiger partial charge on any atom is 0.249 e. The Morgan fingerprint density at radius 2 is 1.91 bits per heavy atom. The Bertz CT molecular complexity index is 852. The van der Waals surface area contributed by atoms with Crippen molar-refractivity contribution in [1.82, 2.24) is 9.97 Å². The number of carbonyl (C=O) groups excluding carboxylic acids is 1. The van der Waals surface area contributed by atoms with E-state index >= 15 is 0 Å². The third-order valence-corrected chi connectivity index (χ3v) is 3.72. The predicted octanol–water partition coefficient (Wildman–Crippen LogP) is 3.24. The summed E-state index contributed by atoms with van der Waals surface area (Å²) >= 11 is 1.44. The van der Waals surface area contributed by atoms with Crippen LogP contribution in [-0.4, -0.2) is 22.1 Å². The molecule has 0 spiro atoms. The molecule has 0 saturated carbocycles. The van der Waals surface area contributed by atoms with E-state index in [2.05, 4.69) is 9.97 Å². The average molecular weight is 311 g/mol. The van der Waals surface area contributed by atoms with Gasteiger partial charge in [-0.15, -0.1) is 0 Å². The molecule has 0 saturated heterocycles. The number of carbonyl (C=O) groups is 1. The molecule has 1 heterocycles. The van der Waals surface area contributed by atoms with Gasteiger partial charge in [-0.3, -0.25) is 4.79 Å². The van der Waals surface area contributed by atoms with Gasteiger partial charge < -0.3 is 10.5 Å². The van der Waals surface area contributed by atoms with Gasteiger partial charge in [-0.2, -0.15) is 4.98 Å². The molecule has 1 aromatic heterocycles. The second-order valence-electron chi connectivity index (χ2n) is 4.50. The van der Waals surface area contributed by atoms with Crippen molar-refractivity contribution in [1.29, 1.82) is 0 Å². The van der Waals surface area contributed by atoms with Crippen LogP contribution < -0.4 is 10.5 Å². The molecule has 0 bridgehead atoms. The van der Waals surface area contributed by atoms with Gasteiger partial charge in [0.2, 0.25) is 11.8 Å². The van der Waals surface area contributed by atoms with E-state index in [1.165, 1.54) is 11.8 Å². The van der Waals surface area contributed by atoms with Gasteiger partial charge in [0.1, 0.15) is 5.75 Å². The van der Waals surface area contributed by atoms with Crippen molar-refractivity contribution in [3.8, 4) is 11.6 Å². The molecule has 2 N–H and O–H groups in total. The molecule has 3 aromatic rings. The summed E-state index contributed by atoms with van der Waals surface area (Å²) in [5.41, 5.74) is 5.89. The van der Waals surface area contributed by atoms with Gasteiger partial charge in [0.25, 0.3) is 0 Å². The highest BCUT2D eigenvalue weighted by Gasteiger charge is 2.11. The number of nitrogens with two attached hydrogens (primary N) is 1. The zero-order valence-electron chi connectivity index (χ0n) is 11.8. The minimum absolute atomic E-state index is 0.455. The molecule has 110 valence electrons. The number of benzene rings is 2. The number of nitrogens with zero attached hydrogens (tertiary/aromatic N) is 2. The minimum Gasteiger partial charge on any atom is -0.438 e. The highest BCUT2D eigenvalue weighted by Crippen LogP contribution is 2.31. The van der Waals surface area contributed by atoms with Crippen molar-refractivity contribution in [2.24, 2.45) is 5.73 Å². The Morgan fingerprint density at radius 3 is 2.64 bits per heavy atom. The largest absolute Gasteiger partial charge is 0.438 e. The molecule has 0 aliphatic rings. The number of primary amides is 1. The van der Waals surface area contributed by atoms with E-state index in [4.69, 9.17) is 10.5 Å². The molecule has 0 aliphatic heterocycles. The summed E-state index contributed by atoms with van der Waals surface area (Å²) in [4.78, 5) is 19.9. The van der Waals surface area contributed by atoms with Crippen LogP contribution in [0.2, 0.25) is 0 Å². The van der Waals surface area contributed by atoms with Crippen molar-refractivity contribution < 1.29 is 9.53 Å². The van der Waals surface area contributed by atoms with E-state index in [1.54, 1.807) is 24.4 Å². The summed E-state index contributed by atoms with van der Waals surface area (Å²) in [6.45, 7) is 0. The number of hydrogen-bond acceptors (Lipinski definition) is 5. The van der Waals surface area contributed by atoms with Crippen LogP contribution in [0.25, 0.3) is 10.8 Å². The zero-order chi connectivity index (χ0) is 15.5. The smallest absolute Gasteiger partial charge is 0.249 e. The first kappa shape index (κ1) is 14.3. The van der Waals surface area contributed by atoms with E-state index in [0.717, 1.165) is 10.8 Å². The lowest BCUT2D eigenvalue weighted by molar-refractivity contribution is 0.100. The minimum atomic E-state index is -0.463. The lowest BCUT2D eigenvalue weighted by atomic mass is 10.0. The quantitative estimate of drug-likeness (QED) is 0.591. The molecule has 0 unspecified atom stereocenters. The number of amides is 1. The highest BCUT2D eigenvalue weighted by molar-refractivity contribution is 7.98. The zero-order valence-corrected chi connectivity index (χ0v) is 12.6. The van der Waals surface area contributed by atoms with Crippen molar-refractivity contribution in [2.75, 3.05) is 6.26 Å². The van der Waals surface area contributed by atoms with Crippen LogP contribution >= 0.6 is 11.8 Å². The van der Waals surface area contributed by atoms with Gasteiger partial charge >= 0.3 is 0 Å². The first-order chi connectivity index (χ1) is 10.7. The molecule has 1 amide bonds. The fourth-order valence-electron chi connectivity index (χ4n) is 2.17. The summed E-state index contributed by atoms with van der Waals surface area (Å²) in [5.74, 6) is 0.608. The van der Waals surface area contributed by atoms with Gasteiger partial charge in [0.05, 0.1) is 0 Å². The van der Waals surface area contributed by atoms with Crippen LogP contribution in [0, 0.1) is 0 Å². The first-order valence-electron chi connectivity index (χ1n) is 6.55.